The molecule has 0 spiro atoms. The van der Waals surface area contributed by atoms with Crippen LogP contribution in [0.4, 0.5) is 0 Å². The van der Waals surface area contributed by atoms with E-state index in [1.54, 1.807) is 11.8 Å². The maximum absolute atomic E-state index is 12.5. The average Bonchev–Trinajstić information content (AvgIpc) is 3.12. The van der Waals surface area contributed by atoms with E-state index in [0.29, 0.717) is 32.4 Å². The van der Waals surface area contributed by atoms with E-state index < -0.39 is 30.5 Å². The Bertz CT molecular complexity index is 517. The van der Waals surface area contributed by atoms with Gasteiger partial charge in [0.15, 0.2) is 6.29 Å². The molecule has 2 heterocycles. The summed E-state index contributed by atoms with van der Waals surface area (Å²) in [6.07, 6.45) is -0.286. The standard InChI is InChI=1S/C21H39NO8/c1-13(2)29-16-9-15(11-23)22(10-16)18(25)7-5-4-6-8-28-21-14(3)19(26)20(27)17(12-24)30-21/h13-17,19-21,23-24,26-27H,4-12H2,1-3H3/t14?,15-,16+,17?,19?,20?,21?/m0/s1. The molecule has 2 fully saturated rings. The minimum absolute atomic E-state index is 0.0198. The Balaban J connectivity index is 1.65. The van der Waals surface area contributed by atoms with Gasteiger partial charge in [-0.05, 0) is 33.1 Å². The van der Waals surface area contributed by atoms with Crippen molar-refractivity contribution in [1.29, 1.82) is 0 Å². The summed E-state index contributed by atoms with van der Waals surface area (Å²) in [7, 11) is 0. The van der Waals surface area contributed by atoms with Gasteiger partial charge in [-0.1, -0.05) is 13.3 Å². The molecule has 0 aliphatic carbocycles. The quantitative estimate of drug-likeness (QED) is 0.336. The molecule has 5 unspecified atom stereocenters. The summed E-state index contributed by atoms with van der Waals surface area (Å²) in [5, 5.41) is 38.7. The first-order valence-corrected chi connectivity index (χ1v) is 11.1. The number of likely N-dealkylation sites (tertiary alicyclic amines) is 1. The zero-order valence-corrected chi connectivity index (χ0v) is 18.4. The number of rotatable bonds is 11. The maximum Gasteiger partial charge on any atom is 0.222 e. The summed E-state index contributed by atoms with van der Waals surface area (Å²) in [6.45, 7) is 6.15. The van der Waals surface area contributed by atoms with Crippen molar-refractivity contribution in [3.05, 3.63) is 0 Å². The molecule has 0 bridgehead atoms. The van der Waals surface area contributed by atoms with Crippen LogP contribution in [-0.4, -0.2) is 100 Å². The van der Waals surface area contributed by atoms with Gasteiger partial charge in [0.05, 0.1) is 37.6 Å². The Kier molecular flexibility index (Phi) is 10.4. The molecule has 2 rings (SSSR count). The maximum atomic E-state index is 12.5. The summed E-state index contributed by atoms with van der Waals surface area (Å²) in [5.74, 6) is -0.368. The molecule has 176 valence electrons. The molecule has 2 aliphatic heterocycles. The molecule has 1 amide bonds. The molecule has 9 heteroatoms. The number of ether oxygens (including phenoxy) is 3. The molecule has 9 nitrogen and oxygen atoms in total. The van der Waals surface area contributed by atoms with Gasteiger partial charge in [0.25, 0.3) is 0 Å². The predicted octanol–water partition coefficient (Wildman–Crippen LogP) is 0.0253. The second-order valence-corrected chi connectivity index (χ2v) is 8.67. The normalized spacial score (nSPS) is 34.7. The lowest BCUT2D eigenvalue weighted by Gasteiger charge is -2.40. The van der Waals surface area contributed by atoms with Gasteiger partial charge in [-0.25, -0.2) is 0 Å². The van der Waals surface area contributed by atoms with Crippen molar-refractivity contribution in [2.75, 3.05) is 26.4 Å². The Morgan fingerprint density at radius 2 is 1.87 bits per heavy atom. The molecule has 2 saturated heterocycles. The summed E-state index contributed by atoms with van der Waals surface area (Å²) in [6, 6.07) is -0.171. The second-order valence-electron chi connectivity index (χ2n) is 8.67. The lowest BCUT2D eigenvalue weighted by Crippen LogP contribution is -2.55. The van der Waals surface area contributed by atoms with Crippen LogP contribution in [0.1, 0.15) is 52.9 Å². The monoisotopic (exact) mass is 433 g/mol. The van der Waals surface area contributed by atoms with Crippen LogP contribution in [0.25, 0.3) is 0 Å². The van der Waals surface area contributed by atoms with Crippen LogP contribution in [0.2, 0.25) is 0 Å². The molecular weight excluding hydrogens is 394 g/mol. The topological polar surface area (TPSA) is 129 Å². The Morgan fingerprint density at radius 3 is 2.50 bits per heavy atom. The van der Waals surface area contributed by atoms with Crippen molar-refractivity contribution in [2.45, 2.75) is 95.7 Å². The fourth-order valence-electron chi connectivity index (χ4n) is 4.14. The van der Waals surface area contributed by atoms with E-state index in [1.165, 1.54) is 0 Å². The van der Waals surface area contributed by atoms with Gasteiger partial charge in [-0.15, -0.1) is 0 Å². The van der Waals surface area contributed by atoms with Gasteiger partial charge in [0.2, 0.25) is 5.91 Å². The van der Waals surface area contributed by atoms with E-state index in [9.17, 15) is 25.2 Å². The van der Waals surface area contributed by atoms with Crippen LogP contribution in [0.3, 0.4) is 0 Å². The number of carbonyl (C=O) groups is 1. The average molecular weight is 434 g/mol. The van der Waals surface area contributed by atoms with Crippen LogP contribution in [0, 0.1) is 5.92 Å². The second kappa shape index (κ2) is 12.3. The highest BCUT2D eigenvalue weighted by atomic mass is 16.7. The molecule has 0 radical (unpaired) electrons. The summed E-state index contributed by atoms with van der Waals surface area (Å²) in [4.78, 5) is 14.3. The van der Waals surface area contributed by atoms with Crippen LogP contribution >= 0.6 is 0 Å². The minimum atomic E-state index is -1.13. The summed E-state index contributed by atoms with van der Waals surface area (Å²) >= 11 is 0. The Labute approximate surface area is 178 Å². The molecule has 4 N–H and O–H groups in total. The van der Waals surface area contributed by atoms with Gasteiger partial charge in [-0.2, -0.15) is 0 Å². The van der Waals surface area contributed by atoms with E-state index in [4.69, 9.17) is 14.2 Å². The predicted molar refractivity (Wildman–Crippen MR) is 109 cm³/mol. The molecule has 30 heavy (non-hydrogen) atoms. The molecule has 2 aliphatic rings. The Hall–Kier alpha value is -0.810. The number of aliphatic hydroxyl groups is 4. The molecule has 0 aromatic rings. The van der Waals surface area contributed by atoms with Crippen molar-refractivity contribution in [3.63, 3.8) is 0 Å². The van der Waals surface area contributed by atoms with Gasteiger partial charge >= 0.3 is 0 Å². The fraction of sp³-hybridized carbons (Fsp3) is 0.952. The van der Waals surface area contributed by atoms with Gasteiger partial charge in [-0.3, -0.25) is 4.79 Å². The van der Waals surface area contributed by atoms with Gasteiger partial charge in [0, 0.05) is 25.5 Å². The van der Waals surface area contributed by atoms with E-state index >= 15 is 0 Å². The lowest BCUT2D eigenvalue weighted by atomic mass is 9.92. The number of aliphatic hydroxyl groups excluding tert-OH is 4. The molecule has 0 aromatic heterocycles. The van der Waals surface area contributed by atoms with Crippen LogP contribution in [-0.2, 0) is 19.0 Å². The number of amides is 1. The molecule has 0 saturated carbocycles. The van der Waals surface area contributed by atoms with E-state index in [0.717, 1.165) is 12.8 Å². The number of hydrogen-bond donors (Lipinski definition) is 4. The van der Waals surface area contributed by atoms with Crippen molar-refractivity contribution >= 4 is 5.91 Å². The van der Waals surface area contributed by atoms with Crippen molar-refractivity contribution in [2.24, 2.45) is 5.92 Å². The summed E-state index contributed by atoms with van der Waals surface area (Å²) in [5.41, 5.74) is 0. The molecule has 0 aromatic carbocycles. The van der Waals surface area contributed by atoms with Crippen molar-refractivity contribution < 1.29 is 39.4 Å². The first kappa shape index (κ1) is 25.5. The first-order chi connectivity index (χ1) is 14.3. The van der Waals surface area contributed by atoms with Gasteiger partial charge in [0.1, 0.15) is 12.2 Å². The minimum Gasteiger partial charge on any atom is -0.394 e. The highest BCUT2D eigenvalue weighted by molar-refractivity contribution is 5.76. The van der Waals surface area contributed by atoms with E-state index in [1.807, 2.05) is 13.8 Å². The number of carbonyl (C=O) groups excluding carboxylic acids is 1. The van der Waals surface area contributed by atoms with Crippen molar-refractivity contribution in [3.8, 4) is 0 Å². The fourth-order valence-corrected chi connectivity index (χ4v) is 4.14. The third kappa shape index (κ3) is 6.85. The number of unbranched alkanes of at least 4 members (excludes halogenated alkanes) is 2. The van der Waals surface area contributed by atoms with E-state index in [2.05, 4.69) is 0 Å². The highest BCUT2D eigenvalue weighted by Crippen LogP contribution is 2.27. The number of hydrogen-bond acceptors (Lipinski definition) is 8. The van der Waals surface area contributed by atoms with Gasteiger partial charge < -0.3 is 39.5 Å². The molecule has 7 atom stereocenters. The van der Waals surface area contributed by atoms with Crippen LogP contribution in [0.5, 0.6) is 0 Å². The SMILES string of the molecule is CC(C)O[C@@H]1C[C@@H](CO)N(C(=O)CCCCCOC2OC(CO)C(O)C(O)C2C)C1. The smallest absolute Gasteiger partial charge is 0.222 e. The third-order valence-electron chi connectivity index (χ3n) is 5.88. The Morgan fingerprint density at radius 1 is 1.13 bits per heavy atom. The molecular formula is C21H39NO8. The zero-order valence-electron chi connectivity index (χ0n) is 18.4. The largest absolute Gasteiger partial charge is 0.394 e. The number of nitrogens with zero attached hydrogens (tertiary/aromatic N) is 1. The first-order valence-electron chi connectivity index (χ1n) is 11.1. The zero-order chi connectivity index (χ0) is 22.3. The highest BCUT2D eigenvalue weighted by Gasteiger charge is 2.42. The van der Waals surface area contributed by atoms with E-state index in [-0.39, 0.29) is 37.4 Å². The van der Waals surface area contributed by atoms with Crippen LogP contribution < -0.4 is 0 Å². The van der Waals surface area contributed by atoms with Crippen LogP contribution in [0.15, 0.2) is 0 Å². The summed E-state index contributed by atoms with van der Waals surface area (Å²) < 4.78 is 17.0. The lowest BCUT2D eigenvalue weighted by molar-refractivity contribution is -0.282. The third-order valence-corrected chi connectivity index (χ3v) is 5.88. The van der Waals surface area contributed by atoms with Crippen molar-refractivity contribution in [1.82, 2.24) is 4.90 Å².